The molecular weight excluding hydrogens is 487 g/mol. The molecule has 166 valence electrons. The van der Waals surface area contributed by atoms with Crippen LogP contribution in [0, 0.1) is 0 Å². The highest BCUT2D eigenvalue weighted by molar-refractivity contribution is 7.80. The molecule has 0 saturated carbocycles. The van der Waals surface area contributed by atoms with E-state index < -0.39 is 9.96 Å². The summed E-state index contributed by atoms with van der Waals surface area (Å²) in [6, 6.07) is 9.80. The van der Waals surface area contributed by atoms with Gasteiger partial charge in [0, 0.05) is 30.7 Å². The number of rotatable bonds is 5. The predicted octanol–water partition coefficient (Wildman–Crippen LogP) is 5.29. The Labute approximate surface area is 207 Å². The largest absolute Gasteiger partial charge is 0.328 e. The SMILES string of the molecule is O=C(/C=C/C1=CCCC=C1)NC(N1CCN(c2cccc3cccnc23)C1=S)C(Cl)(Cl)Cl. The van der Waals surface area contributed by atoms with E-state index in [9.17, 15) is 4.79 Å². The molecule has 2 aliphatic rings. The van der Waals surface area contributed by atoms with Crippen molar-refractivity contribution in [1.82, 2.24) is 15.2 Å². The smallest absolute Gasteiger partial charge is 0.245 e. The number of carbonyl (C=O) groups is 1. The van der Waals surface area contributed by atoms with Gasteiger partial charge in [-0.05, 0) is 48.8 Å². The van der Waals surface area contributed by atoms with Crippen molar-refractivity contribution in [2.75, 3.05) is 18.0 Å². The van der Waals surface area contributed by atoms with Crippen LogP contribution in [-0.2, 0) is 4.79 Å². The van der Waals surface area contributed by atoms with Gasteiger partial charge in [0.2, 0.25) is 9.70 Å². The van der Waals surface area contributed by atoms with Crippen LogP contribution in [0.3, 0.4) is 0 Å². The number of alkyl halides is 3. The number of thiocarbonyl (C=S) groups is 1. The minimum absolute atomic E-state index is 0.366. The maximum atomic E-state index is 12.6. The molecule has 1 unspecified atom stereocenters. The molecule has 1 aromatic heterocycles. The zero-order valence-electron chi connectivity index (χ0n) is 17.0. The van der Waals surface area contributed by atoms with Crippen LogP contribution in [0.4, 0.5) is 5.69 Å². The molecule has 5 nitrogen and oxygen atoms in total. The molecular formula is C23H21Cl3N4OS. The first-order valence-electron chi connectivity index (χ1n) is 10.2. The van der Waals surface area contributed by atoms with Gasteiger partial charge in [-0.15, -0.1) is 0 Å². The Hall–Kier alpha value is -2.12. The van der Waals surface area contributed by atoms with Gasteiger partial charge >= 0.3 is 0 Å². The van der Waals surface area contributed by atoms with Gasteiger partial charge < -0.3 is 15.1 Å². The molecule has 4 rings (SSSR count). The molecule has 1 N–H and O–H groups in total. The van der Waals surface area contributed by atoms with Crippen LogP contribution in [0.2, 0.25) is 0 Å². The minimum Gasteiger partial charge on any atom is -0.328 e. The van der Waals surface area contributed by atoms with Crippen molar-refractivity contribution >= 4 is 74.6 Å². The third kappa shape index (κ3) is 5.09. The summed E-state index contributed by atoms with van der Waals surface area (Å²) in [5, 5.41) is 4.27. The zero-order chi connectivity index (χ0) is 22.7. The Balaban J connectivity index is 1.53. The highest BCUT2D eigenvalue weighted by Crippen LogP contribution is 2.35. The number of fused-ring (bicyclic) bond motifs is 1. The molecule has 1 fully saturated rings. The van der Waals surface area contributed by atoms with Gasteiger partial charge in [0.25, 0.3) is 0 Å². The maximum absolute atomic E-state index is 12.6. The number of benzene rings is 1. The molecule has 2 heterocycles. The molecule has 1 aliphatic carbocycles. The number of amides is 1. The standard InChI is InChI=1S/C23H21Cl3N4OS/c24-23(25,26)21(28-19(31)12-11-16-6-2-1-3-7-16)30-15-14-29(22(30)32)18-10-4-8-17-9-5-13-27-20(17)18/h2,4-13,21H,1,3,14-15H2,(H,28,31)/b12-11+. The Morgan fingerprint density at radius 1 is 1.19 bits per heavy atom. The highest BCUT2D eigenvalue weighted by Gasteiger charge is 2.43. The topological polar surface area (TPSA) is 48.5 Å². The molecule has 1 amide bonds. The minimum atomic E-state index is -1.79. The quantitative estimate of drug-likeness (QED) is 0.339. The Bertz CT molecular complexity index is 1120. The molecule has 0 spiro atoms. The van der Waals surface area contributed by atoms with Gasteiger partial charge in [-0.3, -0.25) is 9.78 Å². The second kappa shape index (κ2) is 9.79. The molecule has 1 aromatic carbocycles. The van der Waals surface area contributed by atoms with Gasteiger partial charge in [-0.25, -0.2) is 0 Å². The molecule has 2 aromatic rings. The lowest BCUT2D eigenvalue weighted by Crippen LogP contribution is -2.56. The van der Waals surface area contributed by atoms with Crippen molar-refractivity contribution in [2.24, 2.45) is 0 Å². The first-order valence-corrected chi connectivity index (χ1v) is 11.7. The molecule has 0 bridgehead atoms. The fraction of sp³-hybridized carbons (Fsp3) is 0.261. The van der Waals surface area contributed by atoms with Crippen molar-refractivity contribution in [1.29, 1.82) is 0 Å². The molecule has 1 atom stereocenters. The van der Waals surface area contributed by atoms with Gasteiger partial charge in [0.1, 0.15) is 0 Å². The highest BCUT2D eigenvalue weighted by atomic mass is 35.6. The van der Waals surface area contributed by atoms with Crippen LogP contribution < -0.4 is 10.2 Å². The number of nitrogens with one attached hydrogen (secondary N) is 1. The summed E-state index contributed by atoms with van der Waals surface area (Å²) in [6.07, 6.45) is 12.1. The van der Waals surface area contributed by atoms with Gasteiger partial charge in [0.15, 0.2) is 11.3 Å². The van der Waals surface area contributed by atoms with Crippen molar-refractivity contribution in [3.63, 3.8) is 0 Å². The normalized spacial score (nSPS) is 17.8. The number of pyridine rings is 1. The monoisotopic (exact) mass is 506 g/mol. The van der Waals surface area contributed by atoms with Crippen LogP contribution >= 0.6 is 47.0 Å². The average Bonchev–Trinajstić information content (AvgIpc) is 3.16. The van der Waals surface area contributed by atoms with Crippen LogP contribution in [0.1, 0.15) is 12.8 Å². The number of hydrogen-bond donors (Lipinski definition) is 1. The van der Waals surface area contributed by atoms with Crippen molar-refractivity contribution in [3.8, 4) is 0 Å². The van der Waals surface area contributed by atoms with Gasteiger partial charge in [0.05, 0.1) is 11.2 Å². The Morgan fingerprint density at radius 2 is 2.00 bits per heavy atom. The third-order valence-electron chi connectivity index (χ3n) is 5.29. The van der Waals surface area contributed by atoms with E-state index in [1.54, 1.807) is 17.2 Å². The van der Waals surface area contributed by atoms with Crippen molar-refractivity contribution in [2.45, 2.75) is 22.8 Å². The summed E-state index contributed by atoms with van der Waals surface area (Å²) in [5.41, 5.74) is 2.69. The van der Waals surface area contributed by atoms with Crippen LogP contribution in [0.15, 0.2) is 72.5 Å². The summed E-state index contributed by atoms with van der Waals surface area (Å²) < 4.78 is -1.79. The predicted molar refractivity (Wildman–Crippen MR) is 136 cm³/mol. The van der Waals surface area contributed by atoms with Gasteiger partial charge in [-0.1, -0.05) is 71.2 Å². The second-order valence-corrected chi connectivity index (χ2v) is 10.2. The first-order chi connectivity index (χ1) is 15.3. The van der Waals surface area contributed by atoms with Gasteiger partial charge in [-0.2, -0.15) is 0 Å². The molecule has 1 saturated heterocycles. The fourth-order valence-electron chi connectivity index (χ4n) is 3.77. The molecule has 0 radical (unpaired) electrons. The lowest BCUT2D eigenvalue weighted by molar-refractivity contribution is -0.117. The lowest BCUT2D eigenvalue weighted by Gasteiger charge is -2.34. The van der Waals surface area contributed by atoms with E-state index in [1.807, 2.05) is 41.3 Å². The van der Waals surface area contributed by atoms with Crippen molar-refractivity contribution in [3.05, 3.63) is 72.5 Å². The summed E-state index contributed by atoms with van der Waals surface area (Å²) in [7, 11) is 0. The number of para-hydroxylation sites is 1. The first kappa shape index (κ1) is 23.1. The number of anilines is 1. The van der Waals surface area contributed by atoms with E-state index >= 15 is 0 Å². The number of halogens is 3. The Morgan fingerprint density at radius 3 is 2.75 bits per heavy atom. The number of nitrogens with zero attached hydrogens (tertiary/aromatic N) is 3. The number of carbonyl (C=O) groups excluding carboxylic acids is 1. The summed E-state index contributed by atoms with van der Waals surface area (Å²) >= 11 is 24.5. The number of hydrogen-bond acceptors (Lipinski definition) is 3. The average molecular weight is 508 g/mol. The van der Waals surface area contributed by atoms with E-state index in [0.29, 0.717) is 18.2 Å². The van der Waals surface area contributed by atoms with Crippen LogP contribution in [0.25, 0.3) is 10.9 Å². The summed E-state index contributed by atoms with van der Waals surface area (Å²) in [5.74, 6) is -0.366. The van der Waals surface area contributed by atoms with Crippen LogP contribution in [0.5, 0.6) is 0 Å². The van der Waals surface area contributed by atoms with E-state index in [2.05, 4.69) is 22.5 Å². The molecule has 1 aliphatic heterocycles. The summed E-state index contributed by atoms with van der Waals surface area (Å²) in [4.78, 5) is 20.8. The zero-order valence-corrected chi connectivity index (χ0v) is 20.1. The van der Waals surface area contributed by atoms with E-state index in [-0.39, 0.29) is 5.91 Å². The van der Waals surface area contributed by atoms with Crippen molar-refractivity contribution < 1.29 is 4.79 Å². The van der Waals surface area contributed by atoms with Crippen LogP contribution in [-0.4, -0.2) is 44.0 Å². The number of aromatic nitrogens is 1. The maximum Gasteiger partial charge on any atom is 0.245 e. The third-order valence-corrected chi connectivity index (χ3v) is 6.37. The fourth-order valence-corrected chi connectivity index (χ4v) is 4.67. The number of allylic oxidation sites excluding steroid dienone is 5. The molecule has 32 heavy (non-hydrogen) atoms. The Kier molecular flexibility index (Phi) is 7.05. The lowest BCUT2D eigenvalue weighted by atomic mass is 10.1. The van der Waals surface area contributed by atoms with E-state index in [0.717, 1.165) is 35.0 Å². The molecule has 9 heteroatoms. The van der Waals surface area contributed by atoms with E-state index in [1.165, 1.54) is 6.08 Å². The van der Waals surface area contributed by atoms with E-state index in [4.69, 9.17) is 47.0 Å². The summed E-state index contributed by atoms with van der Waals surface area (Å²) in [6.45, 7) is 1.06. The second-order valence-electron chi connectivity index (χ2n) is 7.45.